The smallest absolute Gasteiger partial charge is 0.167 e. The zero-order chi connectivity index (χ0) is 13.8. The van der Waals surface area contributed by atoms with E-state index in [4.69, 9.17) is 4.74 Å². The van der Waals surface area contributed by atoms with Crippen molar-refractivity contribution in [1.29, 1.82) is 0 Å². The van der Waals surface area contributed by atoms with E-state index in [1.807, 2.05) is 0 Å². The van der Waals surface area contributed by atoms with E-state index < -0.39 is 0 Å². The Labute approximate surface area is 109 Å². The first kappa shape index (κ1) is 14.7. The van der Waals surface area contributed by atoms with Crippen LogP contribution in [0.5, 0.6) is 5.75 Å². The van der Waals surface area contributed by atoms with Gasteiger partial charge < -0.3 is 10.1 Å². The predicted molar refractivity (Wildman–Crippen MR) is 73.5 cm³/mol. The maximum Gasteiger partial charge on any atom is 0.167 e. The number of nitrogens with one attached hydrogen (secondary N) is 1. The van der Waals surface area contributed by atoms with Crippen LogP contribution in [0.25, 0.3) is 0 Å². The van der Waals surface area contributed by atoms with E-state index in [0.29, 0.717) is 18.7 Å². The number of ether oxygens (including phenoxy) is 1. The Morgan fingerprint density at radius 2 is 2.06 bits per heavy atom. The molecule has 3 heteroatoms. The van der Waals surface area contributed by atoms with Crippen LogP contribution < -0.4 is 10.1 Å². The average molecular weight is 251 g/mol. The van der Waals surface area contributed by atoms with Gasteiger partial charge in [0.2, 0.25) is 0 Å². The van der Waals surface area contributed by atoms with Gasteiger partial charge >= 0.3 is 0 Å². The molecule has 1 rings (SSSR count). The van der Waals surface area contributed by atoms with E-state index in [1.54, 1.807) is 25.1 Å². The summed E-state index contributed by atoms with van der Waals surface area (Å²) in [5.74, 6) is -0.0130. The number of hydrogen-bond donors (Lipinski definition) is 1. The van der Waals surface area contributed by atoms with Gasteiger partial charge in [0.15, 0.2) is 11.6 Å². The summed E-state index contributed by atoms with van der Waals surface area (Å²) in [4.78, 5) is 0. The molecule has 1 aromatic carbocycles. The third-order valence-corrected chi connectivity index (χ3v) is 2.46. The lowest BCUT2D eigenvalue weighted by atomic mass is 10.1. The summed E-state index contributed by atoms with van der Waals surface area (Å²) in [6.45, 7) is 12.9. The highest BCUT2D eigenvalue weighted by Crippen LogP contribution is 2.19. The van der Waals surface area contributed by atoms with Crippen LogP contribution in [-0.2, 0) is 0 Å². The molecular formula is C15H22FNO. The van der Waals surface area contributed by atoms with Gasteiger partial charge in [-0.2, -0.15) is 0 Å². The highest BCUT2D eigenvalue weighted by molar-refractivity contribution is 5.30. The maximum absolute atomic E-state index is 13.7. The Balaban J connectivity index is 2.46. The lowest BCUT2D eigenvalue weighted by Crippen LogP contribution is -2.37. The Bertz CT molecular complexity index is 421. The molecule has 0 aliphatic rings. The molecule has 0 saturated heterocycles. The molecule has 0 heterocycles. The minimum atomic E-state index is -0.297. The molecule has 0 atom stereocenters. The van der Waals surface area contributed by atoms with E-state index in [1.165, 1.54) is 0 Å². The van der Waals surface area contributed by atoms with Crippen molar-refractivity contribution in [1.82, 2.24) is 5.32 Å². The highest BCUT2D eigenvalue weighted by atomic mass is 19.1. The Hall–Kier alpha value is -1.35. The molecule has 0 aromatic heterocycles. The van der Waals surface area contributed by atoms with E-state index >= 15 is 0 Å². The summed E-state index contributed by atoms with van der Waals surface area (Å²) < 4.78 is 19.1. The van der Waals surface area contributed by atoms with Crippen LogP contribution in [-0.4, -0.2) is 18.7 Å². The molecule has 100 valence electrons. The summed E-state index contributed by atoms with van der Waals surface area (Å²) in [5, 5.41) is 3.31. The SMILES string of the molecule is C=C(CNC(C)(C)C)COc1cccc(C)c1F. The number of rotatable bonds is 5. The molecule has 0 aliphatic carbocycles. The normalized spacial score (nSPS) is 11.4. The second-order valence-electron chi connectivity index (χ2n) is 5.53. The van der Waals surface area contributed by atoms with Crippen molar-refractivity contribution in [3.05, 3.63) is 41.7 Å². The van der Waals surface area contributed by atoms with Crippen LogP contribution in [0.3, 0.4) is 0 Å². The highest BCUT2D eigenvalue weighted by Gasteiger charge is 2.10. The van der Waals surface area contributed by atoms with Crippen molar-refractivity contribution in [3.8, 4) is 5.75 Å². The lowest BCUT2D eigenvalue weighted by molar-refractivity contribution is 0.323. The Kier molecular flexibility index (Phi) is 4.91. The lowest BCUT2D eigenvalue weighted by Gasteiger charge is -2.21. The summed E-state index contributed by atoms with van der Waals surface area (Å²) in [6.07, 6.45) is 0. The first-order chi connectivity index (χ1) is 8.29. The van der Waals surface area contributed by atoms with Gasteiger partial charge in [-0.05, 0) is 44.9 Å². The molecule has 18 heavy (non-hydrogen) atoms. The molecule has 0 aliphatic heterocycles. The zero-order valence-electron chi connectivity index (χ0n) is 11.6. The standard InChI is InChI=1S/C15H22FNO/c1-11(9-17-15(3,4)5)10-18-13-8-6-7-12(2)14(13)16/h6-8,17H,1,9-10H2,2-5H3. The molecule has 2 nitrogen and oxygen atoms in total. The zero-order valence-corrected chi connectivity index (χ0v) is 11.6. The van der Waals surface area contributed by atoms with Crippen LogP contribution in [0.1, 0.15) is 26.3 Å². The molecule has 1 N–H and O–H groups in total. The largest absolute Gasteiger partial charge is 0.486 e. The van der Waals surface area contributed by atoms with Crippen LogP contribution in [0.15, 0.2) is 30.4 Å². The molecule has 0 spiro atoms. The van der Waals surface area contributed by atoms with Gasteiger partial charge in [-0.15, -0.1) is 0 Å². The van der Waals surface area contributed by atoms with Crippen LogP contribution >= 0.6 is 0 Å². The topological polar surface area (TPSA) is 21.3 Å². The van der Waals surface area contributed by atoms with Crippen LogP contribution in [0.2, 0.25) is 0 Å². The quantitative estimate of drug-likeness (QED) is 0.809. The fraction of sp³-hybridized carbons (Fsp3) is 0.467. The molecule has 0 amide bonds. The third-order valence-electron chi connectivity index (χ3n) is 2.46. The fourth-order valence-corrected chi connectivity index (χ4v) is 1.35. The molecular weight excluding hydrogens is 229 g/mol. The maximum atomic E-state index is 13.7. The molecule has 0 radical (unpaired) electrons. The van der Waals surface area contributed by atoms with Gasteiger partial charge in [0, 0.05) is 12.1 Å². The number of halogens is 1. The fourth-order valence-electron chi connectivity index (χ4n) is 1.35. The predicted octanol–water partition coefficient (Wildman–Crippen LogP) is 3.46. The van der Waals surface area contributed by atoms with Gasteiger partial charge in [0.25, 0.3) is 0 Å². The number of hydrogen-bond acceptors (Lipinski definition) is 2. The number of benzene rings is 1. The average Bonchev–Trinajstić information content (AvgIpc) is 2.27. The Morgan fingerprint density at radius 3 is 2.67 bits per heavy atom. The van der Waals surface area contributed by atoms with Gasteiger partial charge in [-0.1, -0.05) is 18.7 Å². The second-order valence-corrected chi connectivity index (χ2v) is 5.53. The first-order valence-electron chi connectivity index (χ1n) is 6.09. The van der Waals surface area contributed by atoms with Gasteiger partial charge in [0.05, 0.1) is 0 Å². The third kappa shape index (κ3) is 4.88. The van der Waals surface area contributed by atoms with Crippen molar-refractivity contribution < 1.29 is 9.13 Å². The van der Waals surface area contributed by atoms with Crippen molar-refractivity contribution in [3.63, 3.8) is 0 Å². The van der Waals surface area contributed by atoms with Crippen molar-refractivity contribution in [2.24, 2.45) is 0 Å². The van der Waals surface area contributed by atoms with E-state index in [9.17, 15) is 4.39 Å². The van der Waals surface area contributed by atoms with E-state index in [0.717, 1.165) is 5.57 Å². The molecule has 0 unspecified atom stereocenters. The van der Waals surface area contributed by atoms with E-state index in [2.05, 4.69) is 32.7 Å². The Morgan fingerprint density at radius 1 is 1.39 bits per heavy atom. The van der Waals surface area contributed by atoms with E-state index in [-0.39, 0.29) is 17.1 Å². The summed E-state index contributed by atoms with van der Waals surface area (Å²) in [5.41, 5.74) is 1.52. The first-order valence-corrected chi connectivity index (χ1v) is 6.09. The summed E-state index contributed by atoms with van der Waals surface area (Å²) >= 11 is 0. The summed E-state index contributed by atoms with van der Waals surface area (Å²) in [6, 6.07) is 5.13. The van der Waals surface area contributed by atoms with Crippen LogP contribution in [0, 0.1) is 12.7 Å². The minimum Gasteiger partial charge on any atom is -0.486 e. The van der Waals surface area contributed by atoms with Crippen molar-refractivity contribution >= 4 is 0 Å². The van der Waals surface area contributed by atoms with Gasteiger partial charge in [0.1, 0.15) is 6.61 Å². The summed E-state index contributed by atoms with van der Waals surface area (Å²) in [7, 11) is 0. The van der Waals surface area contributed by atoms with Crippen molar-refractivity contribution in [2.45, 2.75) is 33.2 Å². The second kappa shape index (κ2) is 6.01. The van der Waals surface area contributed by atoms with Gasteiger partial charge in [-0.3, -0.25) is 0 Å². The minimum absolute atomic E-state index is 0.0392. The van der Waals surface area contributed by atoms with Crippen molar-refractivity contribution in [2.75, 3.05) is 13.2 Å². The molecule has 0 saturated carbocycles. The molecule has 1 aromatic rings. The van der Waals surface area contributed by atoms with Gasteiger partial charge in [-0.25, -0.2) is 4.39 Å². The molecule has 0 bridgehead atoms. The number of aryl methyl sites for hydroxylation is 1. The molecule has 0 fully saturated rings. The van der Waals surface area contributed by atoms with Crippen LogP contribution in [0.4, 0.5) is 4.39 Å². The monoisotopic (exact) mass is 251 g/mol.